The van der Waals surface area contributed by atoms with Crippen LogP contribution in [0, 0.1) is 11.3 Å². The van der Waals surface area contributed by atoms with Crippen molar-refractivity contribution in [3.63, 3.8) is 0 Å². The van der Waals surface area contributed by atoms with Crippen LogP contribution in [0.15, 0.2) is 60.7 Å². The summed E-state index contributed by atoms with van der Waals surface area (Å²) >= 11 is 2.40. The summed E-state index contributed by atoms with van der Waals surface area (Å²) in [6.07, 6.45) is 0. The van der Waals surface area contributed by atoms with Gasteiger partial charge in [0.15, 0.2) is 0 Å². The number of hydrogen-bond donors (Lipinski definition) is 0. The Kier molecular flexibility index (Phi) is 4.60. The molecule has 0 saturated carbocycles. The Morgan fingerprint density at radius 3 is 2.36 bits per heavy atom. The minimum Gasteiger partial charge on any atom is -0.369 e. The number of fused-ring (bicyclic) bond motifs is 1. The van der Waals surface area contributed by atoms with Crippen LogP contribution in [-0.2, 0) is 0 Å². The third-order valence-corrected chi connectivity index (χ3v) is 5.74. The molecule has 4 heteroatoms. The minimum atomic E-state index is 0.718. The van der Waals surface area contributed by atoms with E-state index >= 15 is 0 Å². The highest BCUT2D eigenvalue weighted by Gasteiger charge is 2.15. The van der Waals surface area contributed by atoms with Gasteiger partial charge in [-0.2, -0.15) is 5.26 Å². The van der Waals surface area contributed by atoms with Crippen LogP contribution in [-0.4, -0.2) is 29.3 Å². The molecule has 0 spiro atoms. The zero-order chi connectivity index (χ0) is 17.2. The molecule has 3 aromatic rings. The lowest BCUT2D eigenvalue weighted by Crippen LogP contribution is -2.42. The average molecular weight is 439 g/mol. The standard InChI is InChI=1S/C21H18IN3/c22-25-11-9-24(10-12-25)20-8-7-16-13-18(6-5-17(16)14-20)21-4-2-1-3-19(21)15-23/h1-8,13-14H,9-12H2. The first kappa shape index (κ1) is 16.4. The number of piperazine rings is 1. The first-order valence-electron chi connectivity index (χ1n) is 8.43. The van der Waals surface area contributed by atoms with Crippen molar-refractivity contribution in [3.05, 3.63) is 66.2 Å². The maximum atomic E-state index is 9.33. The van der Waals surface area contributed by atoms with E-state index in [2.05, 4.69) is 73.3 Å². The number of benzene rings is 3. The first-order chi connectivity index (χ1) is 12.2. The van der Waals surface area contributed by atoms with Crippen molar-refractivity contribution in [3.8, 4) is 17.2 Å². The van der Waals surface area contributed by atoms with Crippen LogP contribution < -0.4 is 4.90 Å². The lowest BCUT2D eigenvalue weighted by Gasteiger charge is -2.33. The van der Waals surface area contributed by atoms with Crippen molar-refractivity contribution in [1.29, 1.82) is 5.26 Å². The Bertz CT molecular complexity index is 953. The Hall–Kier alpha value is -2.10. The van der Waals surface area contributed by atoms with Gasteiger partial charge >= 0.3 is 0 Å². The summed E-state index contributed by atoms with van der Waals surface area (Å²) in [6, 6.07) is 23.2. The van der Waals surface area contributed by atoms with Gasteiger partial charge in [-0.1, -0.05) is 36.4 Å². The fourth-order valence-corrected chi connectivity index (χ4v) is 3.80. The van der Waals surface area contributed by atoms with Gasteiger partial charge in [-0.25, -0.2) is 3.11 Å². The molecule has 0 N–H and O–H groups in total. The average Bonchev–Trinajstić information content (AvgIpc) is 2.67. The van der Waals surface area contributed by atoms with Gasteiger partial charge in [0.2, 0.25) is 0 Å². The van der Waals surface area contributed by atoms with E-state index in [1.165, 1.54) is 16.5 Å². The molecule has 1 aliphatic heterocycles. The fourth-order valence-electron chi connectivity index (χ4n) is 3.37. The van der Waals surface area contributed by atoms with E-state index in [0.29, 0.717) is 0 Å². The van der Waals surface area contributed by atoms with Crippen LogP contribution in [0.5, 0.6) is 0 Å². The molecule has 4 rings (SSSR count). The molecule has 0 radical (unpaired) electrons. The van der Waals surface area contributed by atoms with Gasteiger partial charge in [0.05, 0.1) is 11.6 Å². The highest BCUT2D eigenvalue weighted by atomic mass is 127. The van der Waals surface area contributed by atoms with Crippen LogP contribution in [0.4, 0.5) is 5.69 Å². The predicted octanol–water partition coefficient (Wildman–Crippen LogP) is 4.85. The van der Waals surface area contributed by atoms with Gasteiger partial charge in [-0.05, 0) is 46.2 Å². The molecule has 1 aliphatic rings. The summed E-state index contributed by atoms with van der Waals surface area (Å²) in [6.45, 7) is 4.34. The van der Waals surface area contributed by atoms with Crippen LogP contribution in [0.25, 0.3) is 21.9 Å². The third kappa shape index (κ3) is 3.35. The van der Waals surface area contributed by atoms with Crippen LogP contribution in [0.1, 0.15) is 5.56 Å². The van der Waals surface area contributed by atoms with Crippen molar-refractivity contribution < 1.29 is 0 Å². The Morgan fingerprint density at radius 1 is 0.840 bits per heavy atom. The molecular formula is C21H18IN3. The SMILES string of the molecule is N#Cc1ccccc1-c1ccc2cc(N3CCN(I)CC3)ccc2c1. The molecule has 1 heterocycles. The molecule has 1 saturated heterocycles. The van der Waals surface area contributed by atoms with Crippen molar-refractivity contribution >= 4 is 39.3 Å². The Morgan fingerprint density at radius 2 is 1.56 bits per heavy atom. The number of rotatable bonds is 2. The van der Waals surface area contributed by atoms with Gasteiger partial charge in [0.25, 0.3) is 0 Å². The first-order valence-corrected chi connectivity index (χ1v) is 9.40. The molecule has 0 amide bonds. The van der Waals surface area contributed by atoms with E-state index in [1.54, 1.807) is 0 Å². The van der Waals surface area contributed by atoms with Gasteiger partial charge in [0.1, 0.15) is 0 Å². The van der Waals surface area contributed by atoms with E-state index in [0.717, 1.165) is 42.9 Å². The molecule has 25 heavy (non-hydrogen) atoms. The summed E-state index contributed by atoms with van der Waals surface area (Å²) < 4.78 is 2.34. The zero-order valence-corrected chi connectivity index (χ0v) is 16.0. The fraction of sp³-hybridized carbons (Fsp3) is 0.190. The van der Waals surface area contributed by atoms with Crippen molar-refractivity contribution in [1.82, 2.24) is 3.11 Å². The van der Waals surface area contributed by atoms with E-state index in [1.807, 2.05) is 24.3 Å². The number of nitriles is 1. The molecule has 1 fully saturated rings. The van der Waals surface area contributed by atoms with E-state index in [9.17, 15) is 5.26 Å². The topological polar surface area (TPSA) is 30.3 Å². The van der Waals surface area contributed by atoms with Crippen molar-refractivity contribution in [2.24, 2.45) is 0 Å². The Balaban J connectivity index is 1.69. The van der Waals surface area contributed by atoms with Crippen molar-refractivity contribution in [2.45, 2.75) is 0 Å². The van der Waals surface area contributed by atoms with Crippen LogP contribution in [0.2, 0.25) is 0 Å². The lowest BCUT2D eigenvalue weighted by atomic mass is 9.97. The number of halogens is 1. The van der Waals surface area contributed by atoms with Gasteiger partial charge in [-0.15, -0.1) is 0 Å². The monoisotopic (exact) mass is 439 g/mol. The highest BCUT2D eigenvalue weighted by Crippen LogP contribution is 2.29. The van der Waals surface area contributed by atoms with Gasteiger partial charge < -0.3 is 4.90 Å². The molecule has 0 atom stereocenters. The molecule has 3 aromatic carbocycles. The zero-order valence-electron chi connectivity index (χ0n) is 13.8. The summed E-state index contributed by atoms with van der Waals surface area (Å²) in [4.78, 5) is 2.45. The maximum Gasteiger partial charge on any atom is 0.0998 e. The molecule has 3 nitrogen and oxygen atoms in total. The molecule has 0 unspecified atom stereocenters. The summed E-state index contributed by atoms with van der Waals surface area (Å²) in [5, 5.41) is 11.8. The van der Waals surface area contributed by atoms with Crippen molar-refractivity contribution in [2.75, 3.05) is 31.1 Å². The highest BCUT2D eigenvalue weighted by molar-refractivity contribution is 14.1. The third-order valence-electron chi connectivity index (χ3n) is 4.77. The Labute approximate surface area is 162 Å². The molecule has 124 valence electrons. The van der Waals surface area contributed by atoms with Crippen LogP contribution in [0.3, 0.4) is 0 Å². The predicted molar refractivity (Wildman–Crippen MR) is 112 cm³/mol. The van der Waals surface area contributed by atoms with Gasteiger partial charge in [0, 0.05) is 54.7 Å². The summed E-state index contributed by atoms with van der Waals surface area (Å²) in [5.74, 6) is 0. The summed E-state index contributed by atoms with van der Waals surface area (Å²) in [7, 11) is 0. The quantitative estimate of drug-likeness (QED) is 0.423. The number of nitrogens with zero attached hydrogens (tertiary/aromatic N) is 3. The second kappa shape index (κ2) is 7.03. The number of anilines is 1. The summed E-state index contributed by atoms with van der Waals surface area (Å²) in [5.41, 5.74) is 4.10. The van der Waals surface area contributed by atoms with E-state index < -0.39 is 0 Å². The minimum absolute atomic E-state index is 0.718. The normalized spacial score (nSPS) is 15.3. The molecular weight excluding hydrogens is 421 g/mol. The second-order valence-electron chi connectivity index (χ2n) is 6.30. The number of hydrogen-bond acceptors (Lipinski definition) is 3. The lowest BCUT2D eigenvalue weighted by molar-refractivity contribution is 0.460. The van der Waals surface area contributed by atoms with Gasteiger partial charge in [-0.3, -0.25) is 0 Å². The second-order valence-corrected chi connectivity index (χ2v) is 7.67. The van der Waals surface area contributed by atoms with E-state index in [4.69, 9.17) is 0 Å². The largest absolute Gasteiger partial charge is 0.369 e. The molecule has 0 bridgehead atoms. The van der Waals surface area contributed by atoms with E-state index in [-0.39, 0.29) is 0 Å². The maximum absolute atomic E-state index is 9.33. The molecule has 0 aliphatic carbocycles. The molecule has 0 aromatic heterocycles. The smallest absolute Gasteiger partial charge is 0.0998 e. The van der Waals surface area contributed by atoms with Crippen LogP contribution >= 0.6 is 22.9 Å².